The SMILES string of the molecule is O=C(Cc1ccccc1F)c1cc2c(s1)-c1cc(-c3cccnc3)ccc1CCC2. The Morgan fingerprint density at radius 3 is 2.67 bits per heavy atom. The summed E-state index contributed by atoms with van der Waals surface area (Å²) < 4.78 is 14.0. The van der Waals surface area contributed by atoms with Crippen LogP contribution in [0.4, 0.5) is 4.39 Å². The third kappa shape index (κ3) is 3.59. The molecule has 0 radical (unpaired) electrons. The minimum Gasteiger partial charge on any atom is -0.293 e. The maximum atomic E-state index is 14.0. The fourth-order valence-corrected chi connectivity index (χ4v) is 5.27. The van der Waals surface area contributed by atoms with Gasteiger partial charge in [-0.1, -0.05) is 36.4 Å². The summed E-state index contributed by atoms with van der Waals surface area (Å²) in [5.41, 5.74) is 6.40. The van der Waals surface area contributed by atoms with Crippen LogP contribution in [0.1, 0.15) is 32.8 Å². The first kappa shape index (κ1) is 18.9. The monoisotopic (exact) mass is 413 g/mol. The van der Waals surface area contributed by atoms with Crippen LogP contribution in [0.3, 0.4) is 0 Å². The zero-order chi connectivity index (χ0) is 20.5. The van der Waals surface area contributed by atoms with Gasteiger partial charge in [-0.2, -0.15) is 0 Å². The number of carbonyl (C=O) groups excluding carboxylic acids is 1. The number of aromatic nitrogens is 1. The molecule has 1 aliphatic rings. The summed E-state index contributed by atoms with van der Waals surface area (Å²) >= 11 is 1.54. The number of nitrogens with zero attached hydrogens (tertiary/aromatic N) is 1. The van der Waals surface area contributed by atoms with Gasteiger partial charge in [0, 0.05) is 29.3 Å². The molecule has 0 unspecified atom stereocenters. The van der Waals surface area contributed by atoms with Crippen molar-refractivity contribution in [1.29, 1.82) is 0 Å². The van der Waals surface area contributed by atoms with E-state index in [1.807, 2.05) is 18.3 Å². The van der Waals surface area contributed by atoms with E-state index in [4.69, 9.17) is 0 Å². The topological polar surface area (TPSA) is 30.0 Å². The van der Waals surface area contributed by atoms with Gasteiger partial charge in [-0.25, -0.2) is 4.39 Å². The lowest BCUT2D eigenvalue weighted by Crippen LogP contribution is -2.03. The lowest BCUT2D eigenvalue weighted by Gasteiger charge is -2.09. The zero-order valence-corrected chi connectivity index (χ0v) is 17.2. The van der Waals surface area contributed by atoms with Crippen molar-refractivity contribution in [2.45, 2.75) is 25.7 Å². The van der Waals surface area contributed by atoms with Crippen LogP contribution < -0.4 is 0 Å². The van der Waals surface area contributed by atoms with E-state index in [2.05, 4.69) is 29.2 Å². The maximum absolute atomic E-state index is 14.0. The molecule has 4 heteroatoms. The van der Waals surface area contributed by atoms with Gasteiger partial charge in [-0.15, -0.1) is 11.3 Å². The molecule has 0 saturated heterocycles. The second-order valence-corrected chi connectivity index (χ2v) is 8.68. The van der Waals surface area contributed by atoms with Crippen LogP contribution in [0.5, 0.6) is 0 Å². The fraction of sp³-hybridized carbons (Fsp3) is 0.154. The number of pyridine rings is 1. The van der Waals surface area contributed by atoms with Crippen LogP contribution in [0, 0.1) is 5.82 Å². The predicted octanol–water partition coefficient (Wildman–Crippen LogP) is 6.53. The molecule has 1 aliphatic carbocycles. The summed E-state index contributed by atoms with van der Waals surface area (Å²) in [6, 6.07) is 19.1. The molecule has 4 aromatic rings. The molecule has 0 aliphatic heterocycles. The second kappa shape index (κ2) is 7.96. The number of thiophene rings is 1. The van der Waals surface area contributed by atoms with Gasteiger partial charge in [-0.05, 0) is 71.3 Å². The quantitative estimate of drug-likeness (QED) is 0.356. The number of rotatable bonds is 4. The molecule has 0 atom stereocenters. The molecular formula is C26H20FNOS. The number of hydrogen-bond donors (Lipinski definition) is 0. The number of fused-ring (bicyclic) bond motifs is 3. The van der Waals surface area contributed by atoms with Gasteiger partial charge < -0.3 is 0 Å². The van der Waals surface area contributed by atoms with Crippen molar-refractivity contribution >= 4 is 17.1 Å². The number of hydrogen-bond acceptors (Lipinski definition) is 3. The van der Waals surface area contributed by atoms with Gasteiger partial charge in [0.1, 0.15) is 5.82 Å². The summed E-state index contributed by atoms with van der Waals surface area (Å²) in [6.07, 6.45) is 6.78. The smallest absolute Gasteiger partial charge is 0.177 e. The highest BCUT2D eigenvalue weighted by atomic mass is 32.1. The average molecular weight is 414 g/mol. The molecule has 2 nitrogen and oxygen atoms in total. The van der Waals surface area contributed by atoms with E-state index < -0.39 is 0 Å². The number of aryl methyl sites for hydroxylation is 2. The van der Waals surface area contributed by atoms with Crippen LogP contribution >= 0.6 is 11.3 Å². The molecule has 0 fully saturated rings. The summed E-state index contributed by atoms with van der Waals surface area (Å²) in [4.78, 5) is 19.0. The number of Topliss-reactive ketones (excluding diaryl/α,β-unsaturated/α-hetero) is 1. The van der Waals surface area contributed by atoms with Crippen molar-refractivity contribution < 1.29 is 9.18 Å². The van der Waals surface area contributed by atoms with E-state index in [-0.39, 0.29) is 18.0 Å². The number of carbonyl (C=O) groups is 1. The third-order valence-corrected chi connectivity index (χ3v) is 6.89. The number of benzene rings is 2. The van der Waals surface area contributed by atoms with Gasteiger partial charge in [-0.3, -0.25) is 9.78 Å². The zero-order valence-electron chi connectivity index (χ0n) is 16.4. The van der Waals surface area contributed by atoms with Gasteiger partial charge in [0.2, 0.25) is 0 Å². The lowest BCUT2D eigenvalue weighted by molar-refractivity contribution is 0.0995. The maximum Gasteiger partial charge on any atom is 0.177 e. The van der Waals surface area contributed by atoms with Crippen LogP contribution in [0.25, 0.3) is 21.6 Å². The van der Waals surface area contributed by atoms with E-state index in [9.17, 15) is 9.18 Å². The standard InChI is InChI=1S/C26H20FNOS/c27-23-9-2-1-5-19(23)14-24(29)25-15-20-7-3-6-17-10-11-18(13-22(17)26(20)30-25)21-8-4-12-28-16-21/h1-2,4-5,8-13,15-16H,3,6-7,14H2. The van der Waals surface area contributed by atoms with Crippen LogP contribution in [0.2, 0.25) is 0 Å². The van der Waals surface area contributed by atoms with E-state index in [0.29, 0.717) is 10.4 Å². The minimum absolute atomic E-state index is 0.0249. The normalized spacial score (nSPS) is 12.7. The van der Waals surface area contributed by atoms with Crippen molar-refractivity contribution in [2.75, 3.05) is 0 Å². The Morgan fingerprint density at radius 1 is 0.967 bits per heavy atom. The lowest BCUT2D eigenvalue weighted by atomic mass is 9.98. The van der Waals surface area contributed by atoms with Crippen molar-refractivity contribution in [1.82, 2.24) is 4.98 Å². The molecule has 0 bridgehead atoms. The molecule has 2 aromatic heterocycles. The Hall–Kier alpha value is -3.11. The predicted molar refractivity (Wildman–Crippen MR) is 119 cm³/mol. The van der Waals surface area contributed by atoms with Crippen molar-refractivity contribution in [3.05, 3.63) is 100 Å². The summed E-state index contributed by atoms with van der Waals surface area (Å²) in [7, 11) is 0. The Kier molecular flexibility index (Phi) is 5.01. The average Bonchev–Trinajstić information content (AvgIpc) is 3.13. The van der Waals surface area contributed by atoms with Crippen LogP contribution in [-0.2, 0) is 19.3 Å². The Bertz CT molecular complexity index is 1230. The molecule has 0 spiro atoms. The van der Waals surface area contributed by atoms with E-state index >= 15 is 0 Å². The highest BCUT2D eigenvalue weighted by Gasteiger charge is 2.21. The first-order chi connectivity index (χ1) is 14.7. The van der Waals surface area contributed by atoms with Gasteiger partial charge in [0.05, 0.1) is 4.88 Å². The first-order valence-electron chi connectivity index (χ1n) is 10.1. The summed E-state index contributed by atoms with van der Waals surface area (Å²) in [5, 5.41) is 0. The van der Waals surface area contributed by atoms with Crippen molar-refractivity contribution in [3.63, 3.8) is 0 Å². The highest BCUT2D eigenvalue weighted by molar-refractivity contribution is 7.17. The van der Waals surface area contributed by atoms with E-state index in [1.165, 1.54) is 27.6 Å². The fourth-order valence-electron chi connectivity index (χ4n) is 4.07. The summed E-state index contributed by atoms with van der Waals surface area (Å²) in [6.45, 7) is 0. The van der Waals surface area contributed by atoms with E-state index in [0.717, 1.165) is 30.4 Å². The van der Waals surface area contributed by atoms with E-state index in [1.54, 1.807) is 35.7 Å². The minimum atomic E-state index is -0.324. The largest absolute Gasteiger partial charge is 0.293 e. The Morgan fingerprint density at radius 2 is 1.83 bits per heavy atom. The Labute approximate surface area is 179 Å². The summed E-state index contributed by atoms with van der Waals surface area (Å²) in [5.74, 6) is -0.349. The molecular weight excluding hydrogens is 393 g/mol. The third-order valence-electron chi connectivity index (χ3n) is 5.63. The van der Waals surface area contributed by atoms with Crippen molar-refractivity contribution in [2.24, 2.45) is 0 Å². The Balaban J connectivity index is 1.52. The molecule has 5 rings (SSSR count). The van der Waals surface area contributed by atoms with Crippen LogP contribution in [-0.4, -0.2) is 10.8 Å². The highest BCUT2D eigenvalue weighted by Crippen LogP contribution is 2.40. The molecule has 0 amide bonds. The molecule has 30 heavy (non-hydrogen) atoms. The van der Waals surface area contributed by atoms with Crippen LogP contribution in [0.15, 0.2) is 73.1 Å². The second-order valence-electron chi connectivity index (χ2n) is 7.62. The molecule has 148 valence electrons. The van der Waals surface area contributed by atoms with Gasteiger partial charge in [0.15, 0.2) is 5.78 Å². The first-order valence-corrected chi connectivity index (χ1v) is 10.9. The van der Waals surface area contributed by atoms with Gasteiger partial charge >= 0.3 is 0 Å². The number of halogens is 1. The molecule has 0 saturated carbocycles. The van der Waals surface area contributed by atoms with Gasteiger partial charge in [0.25, 0.3) is 0 Å². The molecule has 0 N–H and O–H groups in total. The molecule has 2 heterocycles. The van der Waals surface area contributed by atoms with Crippen molar-refractivity contribution in [3.8, 4) is 21.6 Å². The number of ketones is 1. The molecule has 2 aromatic carbocycles.